The molecule has 1 unspecified atom stereocenters. The molecule has 1 heterocycles. The number of esters is 3. The maximum Gasteiger partial charge on any atom is 0.313 e. The summed E-state index contributed by atoms with van der Waals surface area (Å²) in [5, 5.41) is 0. The lowest BCUT2D eigenvalue weighted by Gasteiger charge is -2.32. The fraction of sp³-hybridized carbons (Fsp3) is 0.722. The van der Waals surface area contributed by atoms with Gasteiger partial charge in [0.05, 0.1) is 5.92 Å². The summed E-state index contributed by atoms with van der Waals surface area (Å²) in [4.78, 5) is 34.0. The first-order valence-electron chi connectivity index (χ1n) is 8.24. The maximum atomic E-state index is 11.9. The van der Waals surface area contributed by atoms with Gasteiger partial charge < -0.3 is 14.2 Å². The first kappa shape index (κ1) is 20.2. The van der Waals surface area contributed by atoms with Gasteiger partial charge in [0.2, 0.25) is 0 Å². The van der Waals surface area contributed by atoms with E-state index in [-0.39, 0.29) is 24.5 Å². The fourth-order valence-electron chi connectivity index (χ4n) is 3.29. The van der Waals surface area contributed by atoms with Gasteiger partial charge in [0.1, 0.15) is 12.2 Å². The smallest absolute Gasteiger partial charge is 0.313 e. The maximum absolute atomic E-state index is 11.9. The van der Waals surface area contributed by atoms with Gasteiger partial charge in [-0.2, -0.15) is 0 Å². The zero-order chi connectivity index (χ0) is 18.5. The van der Waals surface area contributed by atoms with Crippen LogP contribution >= 0.6 is 0 Å². The first-order chi connectivity index (χ1) is 11.0. The third-order valence-electron chi connectivity index (χ3n) is 4.20. The summed E-state index contributed by atoms with van der Waals surface area (Å²) >= 11 is 0. The predicted molar refractivity (Wildman–Crippen MR) is 88.0 cm³/mol. The molecule has 0 aromatic heterocycles. The summed E-state index contributed by atoms with van der Waals surface area (Å²) in [6.45, 7) is 10.5. The molecule has 0 aromatic rings. The Morgan fingerprint density at radius 2 is 1.92 bits per heavy atom. The number of allylic oxidation sites excluding steroid dienone is 1. The molecule has 1 aliphatic heterocycles. The number of rotatable bonds is 7. The van der Waals surface area contributed by atoms with Crippen LogP contribution in [0.25, 0.3) is 0 Å². The molecule has 0 radical (unpaired) electrons. The zero-order valence-corrected chi connectivity index (χ0v) is 15.4. The van der Waals surface area contributed by atoms with Crippen molar-refractivity contribution in [2.75, 3.05) is 6.61 Å². The molecule has 1 fully saturated rings. The minimum Gasteiger partial charge on any atom is -0.462 e. The number of carbonyl (C=O) groups excluding carboxylic acids is 3. The van der Waals surface area contributed by atoms with Gasteiger partial charge in [-0.1, -0.05) is 12.5 Å². The lowest BCUT2D eigenvalue weighted by Crippen LogP contribution is -2.42. The van der Waals surface area contributed by atoms with E-state index in [9.17, 15) is 14.4 Å². The van der Waals surface area contributed by atoms with Gasteiger partial charge >= 0.3 is 17.9 Å². The summed E-state index contributed by atoms with van der Waals surface area (Å²) in [5.74, 6) is -1.32. The normalized spacial score (nSPS) is 28.2. The largest absolute Gasteiger partial charge is 0.462 e. The van der Waals surface area contributed by atoms with Crippen molar-refractivity contribution in [2.24, 2.45) is 11.8 Å². The third kappa shape index (κ3) is 5.65. The standard InChI is InChI=1S/C18H28O6/c1-11(7-8-22-14(4)19)9-12(2)10-18(6)16(23-15(5)20)13(3)17(21)24-18/h7,12-13,16H,8-10H2,1-6H3/b11-7+/t12?,13-,16+,18+/m1/s1. The number of ether oxygens (including phenoxy) is 3. The van der Waals surface area contributed by atoms with Crippen molar-refractivity contribution in [3.63, 3.8) is 0 Å². The molecule has 0 spiro atoms. The monoisotopic (exact) mass is 340 g/mol. The Morgan fingerprint density at radius 1 is 1.29 bits per heavy atom. The fourth-order valence-corrected chi connectivity index (χ4v) is 3.29. The van der Waals surface area contributed by atoms with Crippen molar-refractivity contribution >= 4 is 17.9 Å². The van der Waals surface area contributed by atoms with Crippen LogP contribution < -0.4 is 0 Å². The van der Waals surface area contributed by atoms with Crippen LogP contribution in [-0.4, -0.2) is 36.2 Å². The lowest BCUT2D eigenvalue weighted by molar-refractivity contribution is -0.162. The molecule has 0 amide bonds. The number of hydrogen-bond donors (Lipinski definition) is 0. The summed E-state index contributed by atoms with van der Waals surface area (Å²) in [5.41, 5.74) is 0.270. The Kier molecular flexibility index (Phi) is 6.99. The Morgan fingerprint density at radius 3 is 2.46 bits per heavy atom. The predicted octanol–water partition coefficient (Wildman–Crippen LogP) is 2.80. The van der Waals surface area contributed by atoms with Crippen molar-refractivity contribution in [2.45, 2.75) is 66.1 Å². The van der Waals surface area contributed by atoms with E-state index in [1.165, 1.54) is 13.8 Å². The minimum atomic E-state index is -0.822. The van der Waals surface area contributed by atoms with Gasteiger partial charge in [-0.15, -0.1) is 0 Å². The van der Waals surface area contributed by atoms with Crippen LogP contribution in [0.15, 0.2) is 11.6 Å². The summed E-state index contributed by atoms with van der Waals surface area (Å²) in [7, 11) is 0. The van der Waals surface area contributed by atoms with Crippen LogP contribution in [0, 0.1) is 11.8 Å². The Labute approximate surface area is 143 Å². The van der Waals surface area contributed by atoms with Crippen molar-refractivity contribution in [1.29, 1.82) is 0 Å². The second-order valence-corrected chi connectivity index (χ2v) is 6.92. The highest BCUT2D eigenvalue weighted by Gasteiger charge is 2.53. The second-order valence-electron chi connectivity index (χ2n) is 6.92. The zero-order valence-electron chi connectivity index (χ0n) is 15.4. The van der Waals surface area contributed by atoms with E-state index < -0.39 is 23.6 Å². The van der Waals surface area contributed by atoms with Gasteiger partial charge in [0.25, 0.3) is 0 Å². The van der Waals surface area contributed by atoms with E-state index in [0.29, 0.717) is 6.42 Å². The SMILES string of the molecule is CC(=O)OC/C=C(\C)CC(C)C[C@]1(C)OC(=O)[C@H](C)[C@@H]1OC(C)=O. The average molecular weight is 340 g/mol. The molecule has 136 valence electrons. The highest BCUT2D eigenvalue weighted by molar-refractivity contribution is 5.77. The summed E-state index contributed by atoms with van der Waals surface area (Å²) in [6, 6.07) is 0. The van der Waals surface area contributed by atoms with Crippen LogP contribution in [0.5, 0.6) is 0 Å². The molecule has 0 bridgehead atoms. The van der Waals surface area contributed by atoms with Crippen LogP contribution in [0.2, 0.25) is 0 Å². The molecule has 1 rings (SSSR count). The van der Waals surface area contributed by atoms with Crippen LogP contribution in [-0.2, 0) is 28.6 Å². The minimum absolute atomic E-state index is 0.208. The van der Waals surface area contributed by atoms with Crippen molar-refractivity contribution in [3.05, 3.63) is 11.6 Å². The van der Waals surface area contributed by atoms with E-state index in [0.717, 1.165) is 12.0 Å². The number of carbonyl (C=O) groups is 3. The Balaban J connectivity index is 2.69. The van der Waals surface area contributed by atoms with E-state index in [1.807, 2.05) is 19.9 Å². The molecule has 0 aliphatic carbocycles. The average Bonchev–Trinajstić information content (AvgIpc) is 2.61. The van der Waals surface area contributed by atoms with E-state index >= 15 is 0 Å². The van der Waals surface area contributed by atoms with Gasteiger partial charge in [-0.3, -0.25) is 14.4 Å². The molecule has 6 heteroatoms. The molecule has 6 nitrogen and oxygen atoms in total. The molecule has 1 saturated heterocycles. The molecule has 0 N–H and O–H groups in total. The lowest BCUT2D eigenvalue weighted by atomic mass is 9.83. The van der Waals surface area contributed by atoms with Crippen LogP contribution in [0.1, 0.15) is 54.4 Å². The number of hydrogen-bond acceptors (Lipinski definition) is 6. The molecular weight excluding hydrogens is 312 g/mol. The van der Waals surface area contributed by atoms with E-state index in [4.69, 9.17) is 14.2 Å². The second kappa shape index (κ2) is 8.31. The van der Waals surface area contributed by atoms with Gasteiger partial charge in [0.15, 0.2) is 6.10 Å². The van der Waals surface area contributed by atoms with E-state index in [2.05, 4.69) is 6.92 Å². The number of cyclic esters (lactones) is 1. The highest BCUT2D eigenvalue weighted by Crippen LogP contribution is 2.39. The molecule has 0 aromatic carbocycles. The quantitative estimate of drug-likeness (QED) is 0.403. The summed E-state index contributed by atoms with van der Waals surface area (Å²) in [6.07, 6.45) is 2.65. The summed E-state index contributed by atoms with van der Waals surface area (Å²) < 4.78 is 15.8. The molecule has 0 saturated carbocycles. The Hall–Kier alpha value is -1.85. The molecule has 24 heavy (non-hydrogen) atoms. The van der Waals surface area contributed by atoms with Crippen molar-refractivity contribution in [3.8, 4) is 0 Å². The van der Waals surface area contributed by atoms with Gasteiger partial charge in [-0.05, 0) is 45.6 Å². The van der Waals surface area contributed by atoms with Gasteiger partial charge in [-0.25, -0.2) is 0 Å². The van der Waals surface area contributed by atoms with E-state index in [1.54, 1.807) is 6.92 Å². The first-order valence-corrected chi connectivity index (χ1v) is 8.24. The van der Waals surface area contributed by atoms with Gasteiger partial charge in [0, 0.05) is 13.8 Å². The van der Waals surface area contributed by atoms with Crippen LogP contribution in [0.4, 0.5) is 0 Å². The highest BCUT2D eigenvalue weighted by atomic mass is 16.6. The topological polar surface area (TPSA) is 78.9 Å². The van der Waals surface area contributed by atoms with Crippen LogP contribution in [0.3, 0.4) is 0 Å². The Bertz CT molecular complexity index is 524. The van der Waals surface area contributed by atoms with Crippen molar-refractivity contribution in [1.82, 2.24) is 0 Å². The van der Waals surface area contributed by atoms with Crippen molar-refractivity contribution < 1.29 is 28.6 Å². The third-order valence-corrected chi connectivity index (χ3v) is 4.20. The molecule has 1 aliphatic rings. The molecule has 4 atom stereocenters. The molecular formula is C18H28O6.